The molecule has 1 saturated heterocycles. The molecule has 2 aromatic rings. The van der Waals surface area contributed by atoms with E-state index in [1.165, 1.54) is 0 Å². The van der Waals surface area contributed by atoms with Crippen LogP contribution in [0.2, 0.25) is 0 Å². The fourth-order valence-corrected chi connectivity index (χ4v) is 5.06. The SMILES string of the molecule is CC(C)[C@@H]1N(C(=O)C(F)[C@H](c2cccc(OCc3ccccc3)c2)C2CC2)C(=O)OC1(C)C. The number of benzene rings is 2. The molecule has 4 rings (SSSR count). The van der Waals surface area contributed by atoms with E-state index in [-0.39, 0.29) is 11.8 Å². The van der Waals surface area contributed by atoms with E-state index in [1.54, 1.807) is 13.8 Å². The predicted molar refractivity (Wildman–Crippen MR) is 124 cm³/mol. The Kier molecular flexibility index (Phi) is 6.46. The largest absolute Gasteiger partial charge is 0.489 e. The Balaban J connectivity index is 1.55. The van der Waals surface area contributed by atoms with Crippen LogP contribution in [-0.2, 0) is 16.1 Å². The maximum atomic E-state index is 15.9. The zero-order valence-corrected chi connectivity index (χ0v) is 19.7. The minimum Gasteiger partial charge on any atom is -0.489 e. The average molecular weight is 454 g/mol. The zero-order valence-electron chi connectivity index (χ0n) is 19.7. The Morgan fingerprint density at radius 2 is 1.85 bits per heavy atom. The molecule has 0 spiro atoms. The van der Waals surface area contributed by atoms with Crippen LogP contribution in [0, 0.1) is 11.8 Å². The Morgan fingerprint density at radius 3 is 2.48 bits per heavy atom. The molecule has 0 aromatic heterocycles. The molecule has 2 aliphatic rings. The normalized spacial score (nSPS) is 21.6. The van der Waals surface area contributed by atoms with Gasteiger partial charge in [0.25, 0.3) is 5.91 Å². The number of halogens is 1. The summed E-state index contributed by atoms with van der Waals surface area (Å²) in [6.45, 7) is 7.76. The Labute approximate surface area is 194 Å². The summed E-state index contributed by atoms with van der Waals surface area (Å²) in [7, 11) is 0. The van der Waals surface area contributed by atoms with E-state index in [2.05, 4.69) is 0 Å². The summed E-state index contributed by atoms with van der Waals surface area (Å²) in [5, 5.41) is 0. The first-order chi connectivity index (χ1) is 15.7. The van der Waals surface area contributed by atoms with Crippen LogP contribution >= 0.6 is 0 Å². The van der Waals surface area contributed by atoms with E-state index in [4.69, 9.17) is 9.47 Å². The monoisotopic (exact) mass is 453 g/mol. The van der Waals surface area contributed by atoms with Crippen molar-refractivity contribution in [2.45, 2.75) is 70.9 Å². The van der Waals surface area contributed by atoms with Crippen molar-refractivity contribution >= 4 is 12.0 Å². The third kappa shape index (κ3) is 4.90. The van der Waals surface area contributed by atoms with Crippen molar-refractivity contribution in [3.05, 3.63) is 65.7 Å². The van der Waals surface area contributed by atoms with Gasteiger partial charge >= 0.3 is 6.09 Å². The van der Waals surface area contributed by atoms with Gasteiger partial charge in [-0.2, -0.15) is 0 Å². The summed E-state index contributed by atoms with van der Waals surface area (Å²) >= 11 is 0. The van der Waals surface area contributed by atoms with Crippen LogP contribution in [0.15, 0.2) is 54.6 Å². The summed E-state index contributed by atoms with van der Waals surface area (Å²) in [4.78, 5) is 26.9. The van der Waals surface area contributed by atoms with Gasteiger partial charge in [0, 0.05) is 5.92 Å². The van der Waals surface area contributed by atoms with Gasteiger partial charge in [-0.05, 0) is 61.8 Å². The summed E-state index contributed by atoms with van der Waals surface area (Å²) in [5.41, 5.74) is 0.896. The lowest BCUT2D eigenvalue weighted by molar-refractivity contribution is -0.136. The maximum absolute atomic E-state index is 15.9. The maximum Gasteiger partial charge on any atom is 0.417 e. The van der Waals surface area contributed by atoms with E-state index in [0.29, 0.717) is 12.4 Å². The Morgan fingerprint density at radius 1 is 1.15 bits per heavy atom. The van der Waals surface area contributed by atoms with Crippen LogP contribution < -0.4 is 4.74 Å². The Bertz CT molecular complexity index is 1000. The third-order valence-electron chi connectivity index (χ3n) is 6.58. The smallest absolute Gasteiger partial charge is 0.417 e. The number of hydrogen-bond acceptors (Lipinski definition) is 4. The van der Waals surface area contributed by atoms with Crippen LogP contribution in [0.3, 0.4) is 0 Å². The van der Waals surface area contributed by atoms with Crippen molar-refractivity contribution in [3.63, 3.8) is 0 Å². The van der Waals surface area contributed by atoms with Gasteiger partial charge in [0.05, 0.1) is 6.04 Å². The highest BCUT2D eigenvalue weighted by molar-refractivity contribution is 5.97. The minimum atomic E-state index is -1.83. The number of carbonyl (C=O) groups excluding carboxylic acids is 2. The van der Waals surface area contributed by atoms with Gasteiger partial charge < -0.3 is 9.47 Å². The molecule has 2 fully saturated rings. The van der Waals surface area contributed by atoms with E-state index in [1.807, 2.05) is 68.4 Å². The van der Waals surface area contributed by atoms with E-state index in [9.17, 15) is 9.59 Å². The number of cyclic esters (lactones) is 1. The van der Waals surface area contributed by atoms with Gasteiger partial charge in [-0.1, -0.05) is 56.3 Å². The zero-order chi connectivity index (χ0) is 23.8. The van der Waals surface area contributed by atoms with Crippen molar-refractivity contribution in [1.29, 1.82) is 0 Å². The number of hydrogen-bond donors (Lipinski definition) is 0. The number of ether oxygens (including phenoxy) is 2. The molecule has 0 N–H and O–H groups in total. The molecule has 2 amide bonds. The predicted octanol–water partition coefficient (Wildman–Crippen LogP) is 5.88. The second-order valence-electron chi connectivity index (χ2n) is 9.98. The minimum absolute atomic E-state index is 0.0586. The van der Waals surface area contributed by atoms with Crippen molar-refractivity contribution < 1.29 is 23.5 Å². The second kappa shape index (κ2) is 9.16. The van der Waals surface area contributed by atoms with Gasteiger partial charge in [0.2, 0.25) is 0 Å². The summed E-state index contributed by atoms with van der Waals surface area (Å²) in [5.74, 6) is -0.795. The van der Waals surface area contributed by atoms with Crippen molar-refractivity contribution in [2.24, 2.45) is 11.8 Å². The van der Waals surface area contributed by atoms with Gasteiger partial charge in [-0.25, -0.2) is 14.1 Å². The topological polar surface area (TPSA) is 55.8 Å². The van der Waals surface area contributed by atoms with E-state index >= 15 is 4.39 Å². The molecule has 1 saturated carbocycles. The molecule has 0 radical (unpaired) electrons. The van der Waals surface area contributed by atoms with Gasteiger partial charge in [0.15, 0.2) is 6.17 Å². The van der Waals surface area contributed by atoms with Gasteiger partial charge in [0.1, 0.15) is 18.0 Å². The fraction of sp³-hybridized carbons (Fsp3) is 0.481. The molecule has 1 heterocycles. The van der Waals surface area contributed by atoms with Crippen LogP contribution in [0.4, 0.5) is 9.18 Å². The lowest BCUT2D eigenvalue weighted by Crippen LogP contribution is -2.51. The van der Waals surface area contributed by atoms with E-state index < -0.39 is 35.7 Å². The molecule has 33 heavy (non-hydrogen) atoms. The third-order valence-corrected chi connectivity index (χ3v) is 6.58. The highest BCUT2D eigenvalue weighted by Crippen LogP contribution is 2.47. The molecule has 3 atom stereocenters. The van der Waals surface area contributed by atoms with Crippen molar-refractivity contribution in [1.82, 2.24) is 4.90 Å². The van der Waals surface area contributed by atoms with Crippen molar-refractivity contribution in [2.75, 3.05) is 0 Å². The first kappa shape index (κ1) is 23.3. The standard InChI is InChI=1S/C27H32FNO4/c1-17(2)24-27(3,4)33-26(31)29(24)25(30)23(28)22(19-13-14-19)20-11-8-12-21(15-20)32-16-18-9-6-5-7-10-18/h5-12,15,17,19,22-24H,13-14,16H2,1-4H3/t22-,23?,24-/m0/s1. The lowest BCUT2D eigenvalue weighted by Gasteiger charge is -2.32. The molecule has 0 bridgehead atoms. The first-order valence-corrected chi connectivity index (χ1v) is 11.7. The second-order valence-corrected chi connectivity index (χ2v) is 9.98. The quantitative estimate of drug-likeness (QED) is 0.501. The number of nitrogens with zero attached hydrogens (tertiary/aromatic N) is 1. The highest BCUT2D eigenvalue weighted by Gasteiger charge is 2.55. The van der Waals surface area contributed by atoms with Crippen LogP contribution in [-0.4, -0.2) is 34.7 Å². The van der Waals surface area contributed by atoms with Crippen LogP contribution in [0.1, 0.15) is 57.6 Å². The molecule has 2 aromatic carbocycles. The number of carbonyl (C=O) groups is 2. The molecule has 1 unspecified atom stereocenters. The van der Waals surface area contributed by atoms with Crippen LogP contribution in [0.5, 0.6) is 5.75 Å². The van der Waals surface area contributed by atoms with Gasteiger partial charge in [-0.3, -0.25) is 4.79 Å². The molecule has 1 aliphatic heterocycles. The molecular weight excluding hydrogens is 421 g/mol. The average Bonchev–Trinajstić information content (AvgIpc) is 3.56. The summed E-state index contributed by atoms with van der Waals surface area (Å²) in [6, 6.07) is 16.6. The molecule has 176 valence electrons. The van der Waals surface area contributed by atoms with Crippen LogP contribution in [0.25, 0.3) is 0 Å². The van der Waals surface area contributed by atoms with Crippen molar-refractivity contribution in [3.8, 4) is 5.75 Å². The first-order valence-electron chi connectivity index (χ1n) is 11.7. The fourth-order valence-electron chi connectivity index (χ4n) is 5.06. The van der Waals surface area contributed by atoms with E-state index in [0.717, 1.165) is 28.9 Å². The highest BCUT2D eigenvalue weighted by atomic mass is 19.1. The number of rotatable bonds is 8. The Hall–Kier alpha value is -2.89. The molecule has 5 nitrogen and oxygen atoms in total. The molecule has 1 aliphatic carbocycles. The summed E-state index contributed by atoms with van der Waals surface area (Å²) in [6.07, 6.45) is -0.876. The van der Waals surface area contributed by atoms with Gasteiger partial charge in [-0.15, -0.1) is 0 Å². The molecule has 6 heteroatoms. The molecular formula is C27H32FNO4. The lowest BCUT2D eigenvalue weighted by atomic mass is 9.86. The summed E-state index contributed by atoms with van der Waals surface area (Å²) < 4.78 is 27.3. The number of imide groups is 1. The number of amides is 2. The number of alkyl halides is 1.